The number of nitrogens with zero attached hydrogens (tertiary/aromatic N) is 3. The maximum Gasteiger partial charge on any atom is 0.216 e. The Balaban J connectivity index is 1.50. The summed E-state index contributed by atoms with van der Waals surface area (Å²) in [7, 11) is 0. The Hall–Kier alpha value is -1.56. The first-order valence-corrected chi connectivity index (χ1v) is 10.8. The van der Waals surface area contributed by atoms with Gasteiger partial charge in [0.1, 0.15) is 12.3 Å². The molecule has 1 aliphatic carbocycles. The van der Waals surface area contributed by atoms with Gasteiger partial charge in [-0.2, -0.15) is 0 Å². The van der Waals surface area contributed by atoms with Gasteiger partial charge in [0.25, 0.3) is 0 Å². The number of hydrogen-bond donors (Lipinski definition) is 2. The van der Waals surface area contributed by atoms with Crippen LogP contribution >= 0.6 is 0 Å². The summed E-state index contributed by atoms with van der Waals surface area (Å²) in [4.78, 5) is 11.8. The molecule has 2 aliphatic rings. The van der Waals surface area contributed by atoms with E-state index in [9.17, 15) is 0 Å². The van der Waals surface area contributed by atoms with Gasteiger partial charge in [0.15, 0.2) is 5.96 Å². The maximum atomic E-state index is 5.64. The van der Waals surface area contributed by atoms with E-state index in [0.29, 0.717) is 18.5 Å². The average molecular weight is 376 g/mol. The molecular weight excluding hydrogens is 338 g/mol. The fourth-order valence-corrected chi connectivity index (χ4v) is 4.38. The van der Waals surface area contributed by atoms with Gasteiger partial charge in [0, 0.05) is 25.7 Å². The molecule has 1 aromatic heterocycles. The molecule has 1 unspecified atom stereocenters. The number of aromatic nitrogens is 1. The minimum atomic E-state index is 0.473. The van der Waals surface area contributed by atoms with Crippen LogP contribution in [-0.4, -0.2) is 48.1 Å². The zero-order chi connectivity index (χ0) is 19.1. The van der Waals surface area contributed by atoms with Crippen LogP contribution in [0.25, 0.3) is 0 Å². The summed E-state index contributed by atoms with van der Waals surface area (Å²) >= 11 is 0. The Morgan fingerprint density at radius 1 is 1.15 bits per heavy atom. The van der Waals surface area contributed by atoms with Crippen molar-refractivity contribution in [1.29, 1.82) is 0 Å². The Bertz CT molecular complexity index is 586. The molecule has 1 aliphatic heterocycles. The fraction of sp³-hybridized carbons (Fsp3) is 0.810. The molecule has 27 heavy (non-hydrogen) atoms. The summed E-state index contributed by atoms with van der Waals surface area (Å²) in [6.45, 7) is 10.8. The zero-order valence-electron chi connectivity index (χ0n) is 17.4. The van der Waals surface area contributed by atoms with E-state index in [0.717, 1.165) is 36.4 Å². The molecule has 0 spiro atoms. The highest BCUT2D eigenvalue weighted by molar-refractivity contribution is 5.79. The number of likely N-dealkylation sites (tertiary alicyclic amines) is 1. The second-order valence-corrected chi connectivity index (χ2v) is 8.12. The molecule has 3 rings (SSSR count). The number of nitrogens with one attached hydrogen (secondary N) is 2. The minimum Gasteiger partial charge on any atom is -0.444 e. The highest BCUT2D eigenvalue weighted by atomic mass is 16.4. The van der Waals surface area contributed by atoms with E-state index in [1.807, 2.05) is 13.8 Å². The second-order valence-electron chi connectivity index (χ2n) is 8.12. The highest BCUT2D eigenvalue weighted by Gasteiger charge is 2.27. The number of aryl methyl sites for hydroxylation is 2. The molecule has 2 N–H and O–H groups in total. The van der Waals surface area contributed by atoms with Gasteiger partial charge in [-0.15, -0.1) is 0 Å². The second kappa shape index (κ2) is 10.1. The van der Waals surface area contributed by atoms with Gasteiger partial charge < -0.3 is 15.1 Å². The van der Waals surface area contributed by atoms with Crippen molar-refractivity contribution in [3.63, 3.8) is 0 Å². The number of rotatable bonds is 7. The molecular formula is C21H37N5O. The van der Waals surface area contributed by atoms with E-state index in [2.05, 4.69) is 32.4 Å². The zero-order valence-corrected chi connectivity index (χ0v) is 17.4. The first kappa shape index (κ1) is 20.2. The topological polar surface area (TPSA) is 65.7 Å². The fourth-order valence-electron chi connectivity index (χ4n) is 4.38. The molecule has 0 bridgehead atoms. The maximum absolute atomic E-state index is 5.64. The number of oxazole rings is 1. The standard InChI is InChI=1S/C21H37N5O/c1-4-22-21(24-14-20-25-16(2)17(3)27-20)23-13-19-11-8-12-26(19)15-18-9-6-5-7-10-18/h18-19H,4-15H2,1-3H3,(H2,22,23,24). The Kier molecular flexibility index (Phi) is 7.56. The minimum absolute atomic E-state index is 0.473. The molecule has 2 heterocycles. The Labute approximate surface area is 164 Å². The normalized spacial score (nSPS) is 22.3. The van der Waals surface area contributed by atoms with Gasteiger partial charge in [0.2, 0.25) is 5.89 Å². The van der Waals surface area contributed by atoms with Crippen LogP contribution in [0.5, 0.6) is 0 Å². The number of guanidine groups is 1. The molecule has 0 amide bonds. The van der Waals surface area contributed by atoms with Crippen LogP contribution < -0.4 is 10.6 Å². The molecule has 1 aromatic rings. The largest absolute Gasteiger partial charge is 0.444 e. The van der Waals surface area contributed by atoms with Gasteiger partial charge in [-0.25, -0.2) is 9.98 Å². The van der Waals surface area contributed by atoms with Gasteiger partial charge in [0.05, 0.1) is 5.69 Å². The third-order valence-corrected chi connectivity index (χ3v) is 6.01. The van der Waals surface area contributed by atoms with Crippen LogP contribution in [0.4, 0.5) is 0 Å². The van der Waals surface area contributed by atoms with E-state index in [4.69, 9.17) is 4.42 Å². The summed E-state index contributed by atoms with van der Waals surface area (Å²) in [5.41, 5.74) is 0.947. The van der Waals surface area contributed by atoms with Gasteiger partial charge in [-0.3, -0.25) is 4.90 Å². The van der Waals surface area contributed by atoms with Crippen LogP contribution in [0.15, 0.2) is 9.41 Å². The quantitative estimate of drug-likeness (QED) is 0.565. The van der Waals surface area contributed by atoms with E-state index in [1.54, 1.807) is 0 Å². The van der Waals surface area contributed by atoms with Crippen molar-refractivity contribution in [3.05, 3.63) is 17.3 Å². The molecule has 152 valence electrons. The van der Waals surface area contributed by atoms with Gasteiger partial charge >= 0.3 is 0 Å². The van der Waals surface area contributed by atoms with Crippen molar-refractivity contribution in [2.75, 3.05) is 26.2 Å². The summed E-state index contributed by atoms with van der Waals surface area (Å²) < 4.78 is 5.64. The van der Waals surface area contributed by atoms with Crippen LogP contribution in [-0.2, 0) is 6.54 Å². The highest BCUT2D eigenvalue weighted by Crippen LogP contribution is 2.27. The smallest absolute Gasteiger partial charge is 0.216 e. The van der Waals surface area contributed by atoms with E-state index in [-0.39, 0.29) is 0 Å². The lowest BCUT2D eigenvalue weighted by Gasteiger charge is -2.31. The predicted octanol–water partition coefficient (Wildman–Crippen LogP) is 3.39. The van der Waals surface area contributed by atoms with E-state index in [1.165, 1.54) is 58.0 Å². The molecule has 1 saturated heterocycles. The van der Waals surface area contributed by atoms with Crippen molar-refractivity contribution in [1.82, 2.24) is 20.5 Å². The lowest BCUT2D eigenvalue weighted by atomic mass is 9.89. The number of hydrogen-bond acceptors (Lipinski definition) is 4. The monoisotopic (exact) mass is 375 g/mol. The van der Waals surface area contributed by atoms with Crippen LogP contribution in [0.1, 0.15) is 69.2 Å². The summed E-state index contributed by atoms with van der Waals surface area (Å²) in [5, 5.41) is 6.89. The van der Waals surface area contributed by atoms with Crippen molar-refractivity contribution in [2.45, 2.75) is 78.3 Å². The molecule has 0 radical (unpaired) electrons. The summed E-state index contributed by atoms with van der Waals surface area (Å²) in [6.07, 6.45) is 9.76. The van der Waals surface area contributed by atoms with Crippen LogP contribution in [0.2, 0.25) is 0 Å². The first-order valence-electron chi connectivity index (χ1n) is 10.8. The van der Waals surface area contributed by atoms with Crippen molar-refractivity contribution in [3.8, 4) is 0 Å². The molecule has 6 nitrogen and oxygen atoms in total. The lowest BCUT2D eigenvalue weighted by molar-refractivity contribution is 0.188. The molecule has 6 heteroatoms. The van der Waals surface area contributed by atoms with E-state index >= 15 is 0 Å². The van der Waals surface area contributed by atoms with Crippen LogP contribution in [0.3, 0.4) is 0 Å². The Morgan fingerprint density at radius 2 is 1.96 bits per heavy atom. The van der Waals surface area contributed by atoms with Gasteiger partial charge in [-0.05, 0) is 58.9 Å². The molecule has 1 saturated carbocycles. The third kappa shape index (κ3) is 5.96. The van der Waals surface area contributed by atoms with Crippen molar-refractivity contribution in [2.24, 2.45) is 10.9 Å². The van der Waals surface area contributed by atoms with E-state index < -0.39 is 0 Å². The lowest BCUT2D eigenvalue weighted by Crippen LogP contribution is -2.46. The molecule has 0 aromatic carbocycles. The van der Waals surface area contributed by atoms with Crippen molar-refractivity contribution < 1.29 is 4.42 Å². The summed E-state index contributed by atoms with van der Waals surface area (Å²) in [5.74, 6) is 3.33. The molecule has 2 fully saturated rings. The van der Waals surface area contributed by atoms with Crippen molar-refractivity contribution >= 4 is 5.96 Å². The Morgan fingerprint density at radius 3 is 2.67 bits per heavy atom. The molecule has 1 atom stereocenters. The van der Waals surface area contributed by atoms with Gasteiger partial charge in [-0.1, -0.05) is 19.3 Å². The third-order valence-electron chi connectivity index (χ3n) is 6.01. The summed E-state index contributed by atoms with van der Waals surface area (Å²) in [6, 6.07) is 0.627. The SMILES string of the molecule is CCNC(=NCc1nc(C)c(C)o1)NCC1CCCN1CC1CCCCC1. The average Bonchev–Trinajstić information content (AvgIpc) is 3.24. The first-order chi connectivity index (χ1) is 13.2. The predicted molar refractivity (Wildman–Crippen MR) is 110 cm³/mol. The van der Waals surface area contributed by atoms with Crippen LogP contribution in [0, 0.1) is 19.8 Å². The number of aliphatic imine (C=N–C) groups is 1.